The summed E-state index contributed by atoms with van der Waals surface area (Å²) in [6.07, 6.45) is 7.11. The Morgan fingerprint density at radius 3 is 3.00 bits per heavy atom. The summed E-state index contributed by atoms with van der Waals surface area (Å²) in [4.78, 5) is 13.6. The van der Waals surface area contributed by atoms with Crippen molar-refractivity contribution >= 4 is 12.2 Å². The van der Waals surface area contributed by atoms with Gasteiger partial charge in [-0.05, 0) is 13.3 Å². The zero-order valence-electron chi connectivity index (χ0n) is 11.1. The average Bonchev–Trinajstić information content (AvgIpc) is 2.38. The summed E-state index contributed by atoms with van der Waals surface area (Å²) >= 11 is 0. The smallest absolute Gasteiger partial charge is 0.307 e. The van der Waals surface area contributed by atoms with Crippen LogP contribution in [0.4, 0.5) is 0 Å². The molecule has 6 nitrogen and oxygen atoms in total. The lowest BCUT2D eigenvalue weighted by molar-refractivity contribution is -0.141. The highest BCUT2D eigenvalue weighted by Gasteiger charge is 2.26. The second-order valence-corrected chi connectivity index (χ2v) is 4.62. The van der Waals surface area contributed by atoms with Gasteiger partial charge in [0, 0.05) is 26.0 Å². The van der Waals surface area contributed by atoms with Gasteiger partial charge in [-0.15, -0.1) is 0 Å². The van der Waals surface area contributed by atoms with Gasteiger partial charge in [0.15, 0.2) is 0 Å². The molecule has 1 atom stereocenters. The summed E-state index contributed by atoms with van der Waals surface area (Å²) in [6, 6.07) is 0. The van der Waals surface area contributed by atoms with Crippen LogP contribution in [-0.2, 0) is 9.53 Å². The largest absolute Gasteiger partial charge is 0.469 e. The summed E-state index contributed by atoms with van der Waals surface area (Å²) in [7, 11) is 1.37. The highest BCUT2D eigenvalue weighted by Crippen LogP contribution is 2.09. The topological polar surface area (TPSA) is 79.9 Å². The summed E-state index contributed by atoms with van der Waals surface area (Å²) in [5.74, 6) is 4.90. The van der Waals surface area contributed by atoms with Crippen LogP contribution in [0, 0.1) is 0 Å². The highest BCUT2D eigenvalue weighted by atomic mass is 16.5. The maximum Gasteiger partial charge on any atom is 0.307 e. The number of hydrogen-bond donors (Lipinski definition) is 2. The van der Waals surface area contributed by atoms with E-state index in [1.807, 2.05) is 6.92 Å². The molecule has 0 unspecified atom stereocenters. The van der Waals surface area contributed by atoms with Crippen LogP contribution in [0.15, 0.2) is 17.3 Å². The number of nitrogens with one attached hydrogen (secondary N) is 1. The first-order valence-corrected chi connectivity index (χ1v) is 6.03. The molecule has 0 fully saturated rings. The van der Waals surface area contributed by atoms with Crippen LogP contribution in [-0.4, -0.2) is 49.5 Å². The first-order chi connectivity index (χ1) is 8.59. The Morgan fingerprint density at radius 1 is 1.67 bits per heavy atom. The van der Waals surface area contributed by atoms with Crippen molar-refractivity contribution in [1.29, 1.82) is 0 Å². The fourth-order valence-electron chi connectivity index (χ4n) is 1.82. The number of ether oxygens (including phenoxy) is 1. The lowest BCUT2D eigenvalue weighted by Gasteiger charge is -2.30. The van der Waals surface area contributed by atoms with E-state index in [4.69, 9.17) is 5.84 Å². The Balaban J connectivity index is 2.50. The Hall–Kier alpha value is -1.40. The maximum atomic E-state index is 11.4. The number of esters is 1. The third-order valence-corrected chi connectivity index (χ3v) is 2.95. The van der Waals surface area contributed by atoms with Gasteiger partial charge in [0.05, 0.1) is 19.1 Å². The number of nitrogens with zero attached hydrogens (tertiary/aromatic N) is 2. The SMILES string of the molecule is COC(=O)C[C@](C)(C=NN)NCN1CC=CCC1. The molecule has 0 aliphatic carbocycles. The van der Waals surface area contributed by atoms with Crippen molar-refractivity contribution < 1.29 is 9.53 Å². The monoisotopic (exact) mass is 254 g/mol. The van der Waals surface area contributed by atoms with Gasteiger partial charge in [0.1, 0.15) is 0 Å². The highest BCUT2D eigenvalue weighted by molar-refractivity contribution is 5.80. The van der Waals surface area contributed by atoms with Crippen LogP contribution in [0.1, 0.15) is 19.8 Å². The first kappa shape index (κ1) is 14.7. The fourth-order valence-corrected chi connectivity index (χ4v) is 1.82. The molecule has 0 amide bonds. The van der Waals surface area contributed by atoms with E-state index in [0.717, 1.165) is 19.5 Å². The summed E-state index contributed by atoms with van der Waals surface area (Å²) in [5, 5.41) is 6.82. The lowest BCUT2D eigenvalue weighted by atomic mass is 10.00. The zero-order chi connectivity index (χ0) is 13.4. The quantitative estimate of drug-likeness (QED) is 0.230. The van der Waals surface area contributed by atoms with Gasteiger partial charge in [-0.3, -0.25) is 15.0 Å². The molecule has 0 saturated heterocycles. The third-order valence-electron chi connectivity index (χ3n) is 2.95. The van der Waals surface area contributed by atoms with Crippen LogP contribution in [0.25, 0.3) is 0 Å². The third kappa shape index (κ3) is 4.85. The molecule has 1 aliphatic rings. The first-order valence-electron chi connectivity index (χ1n) is 6.03. The van der Waals surface area contributed by atoms with Crippen LogP contribution in [0.3, 0.4) is 0 Å². The van der Waals surface area contributed by atoms with E-state index < -0.39 is 5.54 Å². The summed E-state index contributed by atoms with van der Waals surface area (Å²) in [6.45, 7) is 4.49. The van der Waals surface area contributed by atoms with Gasteiger partial charge in [0.25, 0.3) is 0 Å². The molecule has 0 aromatic carbocycles. The van der Waals surface area contributed by atoms with E-state index in [0.29, 0.717) is 6.67 Å². The number of hydrogen-bond acceptors (Lipinski definition) is 6. The molecule has 18 heavy (non-hydrogen) atoms. The van der Waals surface area contributed by atoms with Crippen LogP contribution in [0.5, 0.6) is 0 Å². The zero-order valence-corrected chi connectivity index (χ0v) is 11.1. The van der Waals surface area contributed by atoms with Gasteiger partial charge in [-0.2, -0.15) is 5.10 Å². The lowest BCUT2D eigenvalue weighted by Crippen LogP contribution is -2.51. The van der Waals surface area contributed by atoms with E-state index in [1.54, 1.807) is 6.21 Å². The van der Waals surface area contributed by atoms with Gasteiger partial charge >= 0.3 is 5.97 Å². The molecular formula is C12H22N4O2. The van der Waals surface area contributed by atoms with E-state index in [2.05, 4.69) is 32.2 Å². The number of hydrazone groups is 1. The Bertz CT molecular complexity index is 330. The van der Waals surface area contributed by atoms with Crippen molar-refractivity contribution in [2.24, 2.45) is 10.9 Å². The van der Waals surface area contributed by atoms with Gasteiger partial charge in [-0.25, -0.2) is 0 Å². The minimum atomic E-state index is -0.580. The second kappa shape index (κ2) is 7.13. The molecule has 0 saturated carbocycles. The number of nitrogens with two attached hydrogens (primary N) is 1. The summed E-state index contributed by atoms with van der Waals surface area (Å²) < 4.78 is 4.68. The van der Waals surface area contributed by atoms with Crippen molar-refractivity contribution in [2.45, 2.75) is 25.3 Å². The van der Waals surface area contributed by atoms with E-state index >= 15 is 0 Å². The number of carbonyl (C=O) groups is 1. The average molecular weight is 254 g/mol. The standard InChI is InChI=1S/C12H22N4O2/c1-12(9-15-13,8-11(17)18-2)14-10-16-6-4-3-5-7-16/h3-4,9,14H,5-8,10,13H2,1-2H3/t12-/m1/s1. The molecule has 102 valence electrons. The molecule has 1 heterocycles. The van der Waals surface area contributed by atoms with Crippen molar-refractivity contribution in [3.05, 3.63) is 12.2 Å². The molecule has 1 rings (SSSR count). The Labute approximate surface area is 108 Å². The Morgan fingerprint density at radius 2 is 2.44 bits per heavy atom. The predicted molar refractivity (Wildman–Crippen MR) is 71.1 cm³/mol. The second-order valence-electron chi connectivity index (χ2n) is 4.62. The molecule has 1 aliphatic heterocycles. The molecule has 3 N–H and O–H groups in total. The number of carbonyl (C=O) groups excluding carboxylic acids is 1. The minimum absolute atomic E-state index is 0.202. The van der Waals surface area contributed by atoms with E-state index in [9.17, 15) is 4.79 Å². The normalized spacial score (nSPS) is 19.9. The number of rotatable bonds is 6. The molecule has 0 radical (unpaired) electrons. The van der Waals surface area contributed by atoms with E-state index in [1.165, 1.54) is 7.11 Å². The minimum Gasteiger partial charge on any atom is -0.469 e. The maximum absolute atomic E-state index is 11.4. The van der Waals surface area contributed by atoms with Gasteiger partial charge < -0.3 is 10.6 Å². The fraction of sp³-hybridized carbons (Fsp3) is 0.667. The van der Waals surface area contributed by atoms with Crippen molar-refractivity contribution in [2.75, 3.05) is 26.9 Å². The van der Waals surface area contributed by atoms with Crippen molar-refractivity contribution in [1.82, 2.24) is 10.2 Å². The number of methoxy groups -OCH3 is 1. The van der Waals surface area contributed by atoms with Gasteiger partial charge in [0.2, 0.25) is 0 Å². The molecular weight excluding hydrogens is 232 g/mol. The van der Waals surface area contributed by atoms with Crippen molar-refractivity contribution in [3.63, 3.8) is 0 Å². The van der Waals surface area contributed by atoms with Gasteiger partial charge in [-0.1, -0.05) is 12.2 Å². The molecule has 0 bridgehead atoms. The molecule has 6 heteroatoms. The van der Waals surface area contributed by atoms with Crippen LogP contribution >= 0.6 is 0 Å². The predicted octanol–water partition coefficient (Wildman–Crippen LogP) is 0.0617. The summed E-state index contributed by atoms with van der Waals surface area (Å²) in [5.41, 5.74) is -0.580. The molecule has 0 spiro atoms. The van der Waals surface area contributed by atoms with E-state index in [-0.39, 0.29) is 12.4 Å². The Kier molecular flexibility index (Phi) is 5.80. The molecule has 0 aromatic rings. The van der Waals surface area contributed by atoms with Crippen LogP contribution < -0.4 is 11.2 Å². The molecule has 0 aromatic heterocycles. The van der Waals surface area contributed by atoms with Crippen molar-refractivity contribution in [3.8, 4) is 0 Å². The van der Waals surface area contributed by atoms with Crippen LogP contribution in [0.2, 0.25) is 0 Å².